The van der Waals surface area contributed by atoms with Crippen molar-refractivity contribution < 1.29 is 26.4 Å². The van der Waals surface area contributed by atoms with Crippen molar-refractivity contribution in [2.45, 2.75) is 24.3 Å². The molecule has 0 bridgehead atoms. The first kappa shape index (κ1) is 27.1. The number of rotatable bonds is 7. The summed E-state index contributed by atoms with van der Waals surface area (Å²) in [6.45, 7) is 3.67. The predicted octanol–water partition coefficient (Wildman–Crippen LogP) is 3.67. The molecule has 6 rings (SSSR count). The van der Waals surface area contributed by atoms with E-state index < -0.39 is 54.9 Å². The molecule has 42 heavy (non-hydrogen) atoms. The molecule has 0 spiro atoms. The molecule has 2 aromatic carbocycles. The van der Waals surface area contributed by atoms with Crippen LogP contribution in [0.1, 0.15) is 35.3 Å². The number of fused-ring (bicyclic) bond motifs is 1. The highest BCUT2D eigenvalue weighted by Crippen LogP contribution is 2.34. The number of aromatic amines is 2. The van der Waals surface area contributed by atoms with E-state index in [1.165, 1.54) is 12.3 Å². The first-order valence-corrected chi connectivity index (χ1v) is 13.7. The third-order valence-corrected chi connectivity index (χ3v) is 8.14. The van der Waals surface area contributed by atoms with Gasteiger partial charge in [-0.15, -0.1) is 5.10 Å². The minimum Gasteiger partial charge on any atom is -0.345 e. The summed E-state index contributed by atoms with van der Waals surface area (Å²) in [5.74, 6) is -4.24. The van der Waals surface area contributed by atoms with Crippen molar-refractivity contribution in [1.29, 1.82) is 0 Å². The van der Waals surface area contributed by atoms with Crippen LogP contribution in [0, 0.1) is 17.5 Å². The Bertz CT molecular complexity index is 2010. The Labute approximate surface area is 235 Å². The van der Waals surface area contributed by atoms with Crippen LogP contribution in [0.2, 0.25) is 0 Å². The van der Waals surface area contributed by atoms with Gasteiger partial charge in [0.05, 0.1) is 21.7 Å². The highest BCUT2D eigenvalue weighted by molar-refractivity contribution is 7.92. The Morgan fingerprint density at radius 1 is 1.12 bits per heavy atom. The zero-order valence-corrected chi connectivity index (χ0v) is 22.6. The van der Waals surface area contributed by atoms with Crippen LogP contribution in [-0.4, -0.2) is 44.8 Å². The molecule has 5 aromatic rings. The lowest BCUT2D eigenvalue weighted by Gasteiger charge is -2.26. The maximum Gasteiger partial charge on any atom is 0.284 e. The summed E-state index contributed by atoms with van der Waals surface area (Å²) < 4.78 is 71.5. The fraction of sp³-hybridized carbons (Fsp3) is 0.115. The number of allylic oxidation sites excluding steroid dienone is 1. The summed E-state index contributed by atoms with van der Waals surface area (Å²) in [6, 6.07) is 7.30. The van der Waals surface area contributed by atoms with E-state index >= 15 is 4.39 Å². The molecule has 1 atom stereocenters. The van der Waals surface area contributed by atoms with Crippen LogP contribution >= 0.6 is 0 Å². The standard InChI is InChI=1S/C26H20F3N9O3S/c1-13-10-26(2,35-38(13)25-32-36-37-33-25)14-8-17-18(12-31-24(17)30-11-14)23(39)21-19(28)6-7-20(22(21)29)34-42(40,41)16-5-3-4-15(27)9-16/h3-12,34-35H,1-2H3,(H,30,31)(H,32,33,36,37). The highest BCUT2D eigenvalue weighted by atomic mass is 32.2. The van der Waals surface area contributed by atoms with Crippen molar-refractivity contribution in [1.82, 2.24) is 36.0 Å². The number of pyridine rings is 1. The number of anilines is 2. The van der Waals surface area contributed by atoms with Gasteiger partial charge in [-0.2, -0.15) is 5.21 Å². The monoisotopic (exact) mass is 595 g/mol. The second-order valence-electron chi connectivity index (χ2n) is 9.65. The fourth-order valence-corrected chi connectivity index (χ4v) is 5.82. The van der Waals surface area contributed by atoms with Gasteiger partial charge in [0.15, 0.2) is 5.82 Å². The summed E-state index contributed by atoms with van der Waals surface area (Å²) in [5.41, 5.74) is 2.28. The van der Waals surface area contributed by atoms with Gasteiger partial charge in [0.1, 0.15) is 17.3 Å². The van der Waals surface area contributed by atoms with E-state index in [1.807, 2.05) is 24.6 Å². The minimum absolute atomic E-state index is 0.0976. The van der Waals surface area contributed by atoms with Gasteiger partial charge in [0.25, 0.3) is 16.0 Å². The second-order valence-corrected chi connectivity index (χ2v) is 11.3. The molecule has 0 fully saturated rings. The Kier molecular flexibility index (Phi) is 6.31. The Balaban J connectivity index is 1.36. The summed E-state index contributed by atoms with van der Waals surface area (Å²) >= 11 is 0. The van der Waals surface area contributed by atoms with E-state index in [0.29, 0.717) is 5.56 Å². The van der Waals surface area contributed by atoms with Crippen molar-refractivity contribution in [3.8, 4) is 0 Å². The molecule has 0 aliphatic carbocycles. The van der Waals surface area contributed by atoms with Crippen molar-refractivity contribution >= 4 is 38.5 Å². The summed E-state index contributed by atoms with van der Waals surface area (Å²) in [4.78, 5) is 20.3. The number of halogens is 3. The average Bonchev–Trinajstić information content (AvgIpc) is 3.69. The molecule has 214 valence electrons. The molecule has 1 aliphatic rings. The number of nitrogens with one attached hydrogen (secondary N) is 4. The van der Waals surface area contributed by atoms with Crippen molar-refractivity contribution in [2.24, 2.45) is 0 Å². The number of carbonyl (C=O) groups is 1. The SMILES string of the molecule is CC1=CC(C)(c2cnc3[nH]cc(C(=O)c4c(F)ccc(NS(=O)(=O)c5cccc(F)c5)c4F)c3c2)NN1c1nn[nH]n1. The summed E-state index contributed by atoms with van der Waals surface area (Å²) in [5, 5.41) is 15.8. The van der Waals surface area contributed by atoms with Gasteiger partial charge in [-0.3, -0.25) is 9.52 Å². The largest absolute Gasteiger partial charge is 0.345 e. The van der Waals surface area contributed by atoms with E-state index in [2.05, 4.69) is 36.0 Å². The number of hydrazine groups is 1. The van der Waals surface area contributed by atoms with Gasteiger partial charge in [-0.25, -0.2) is 37.0 Å². The van der Waals surface area contributed by atoms with Crippen LogP contribution in [0.25, 0.3) is 11.0 Å². The molecule has 1 aliphatic heterocycles. The molecular formula is C26H20F3N9O3S. The Hall–Kier alpha value is -5.09. The van der Waals surface area contributed by atoms with Crippen LogP contribution in [-0.2, 0) is 15.6 Å². The molecule has 12 nitrogen and oxygen atoms in total. The number of hydrogen-bond donors (Lipinski definition) is 4. The molecular weight excluding hydrogens is 575 g/mol. The van der Waals surface area contributed by atoms with Crippen molar-refractivity contribution in [3.05, 3.63) is 101 Å². The zero-order valence-electron chi connectivity index (χ0n) is 21.8. The lowest BCUT2D eigenvalue weighted by Crippen LogP contribution is -2.43. The van der Waals surface area contributed by atoms with Crippen molar-refractivity contribution in [3.63, 3.8) is 0 Å². The number of sulfonamides is 1. The van der Waals surface area contributed by atoms with Gasteiger partial charge in [0.2, 0.25) is 5.78 Å². The zero-order chi connectivity index (χ0) is 29.8. The molecule has 1 unspecified atom stereocenters. The summed E-state index contributed by atoms with van der Waals surface area (Å²) in [7, 11) is -4.46. The molecule has 0 saturated heterocycles. The third kappa shape index (κ3) is 4.55. The summed E-state index contributed by atoms with van der Waals surface area (Å²) in [6.07, 6.45) is 4.73. The first-order valence-electron chi connectivity index (χ1n) is 12.3. The van der Waals surface area contributed by atoms with Crippen molar-refractivity contribution in [2.75, 3.05) is 9.73 Å². The Morgan fingerprint density at radius 3 is 2.67 bits per heavy atom. The lowest BCUT2D eigenvalue weighted by atomic mass is 9.92. The number of aromatic nitrogens is 6. The predicted molar refractivity (Wildman–Crippen MR) is 144 cm³/mol. The second kappa shape index (κ2) is 9.78. The van der Waals surface area contributed by atoms with E-state index in [1.54, 1.807) is 17.3 Å². The van der Waals surface area contributed by atoms with Gasteiger partial charge in [-0.1, -0.05) is 11.2 Å². The van der Waals surface area contributed by atoms with E-state index in [4.69, 9.17) is 0 Å². The van der Waals surface area contributed by atoms with Gasteiger partial charge < -0.3 is 4.98 Å². The number of tetrazole rings is 1. The molecule has 0 radical (unpaired) electrons. The smallest absolute Gasteiger partial charge is 0.284 e. The van der Waals surface area contributed by atoms with E-state index in [0.717, 1.165) is 36.0 Å². The van der Waals surface area contributed by atoms with Gasteiger partial charge >= 0.3 is 0 Å². The molecule has 4 N–H and O–H groups in total. The minimum atomic E-state index is -4.46. The fourth-order valence-electron chi connectivity index (χ4n) is 4.73. The molecule has 16 heteroatoms. The van der Waals surface area contributed by atoms with Gasteiger partial charge in [-0.05, 0) is 67.1 Å². The normalized spacial score (nSPS) is 17.1. The highest BCUT2D eigenvalue weighted by Gasteiger charge is 2.36. The van der Waals surface area contributed by atoms with Crippen LogP contribution in [0.3, 0.4) is 0 Å². The maximum atomic E-state index is 15.6. The van der Waals surface area contributed by atoms with E-state index in [9.17, 15) is 22.0 Å². The molecule has 0 amide bonds. The van der Waals surface area contributed by atoms with Gasteiger partial charge in [0, 0.05) is 29.0 Å². The topological polar surface area (TPSA) is 162 Å². The van der Waals surface area contributed by atoms with Crippen LogP contribution in [0.15, 0.2) is 71.5 Å². The van der Waals surface area contributed by atoms with Crippen LogP contribution in [0.5, 0.6) is 0 Å². The first-order chi connectivity index (χ1) is 20.0. The number of hydrogen-bond acceptors (Lipinski definition) is 9. The number of ketones is 1. The molecule has 4 heterocycles. The lowest BCUT2D eigenvalue weighted by molar-refractivity contribution is 0.103. The number of benzene rings is 2. The quantitative estimate of drug-likeness (QED) is 0.206. The molecule has 0 saturated carbocycles. The number of carbonyl (C=O) groups excluding carboxylic acids is 1. The maximum absolute atomic E-state index is 15.6. The number of H-pyrrole nitrogens is 2. The third-order valence-electron chi connectivity index (χ3n) is 6.77. The van der Waals surface area contributed by atoms with Crippen LogP contribution < -0.4 is 15.2 Å². The Morgan fingerprint density at radius 2 is 1.93 bits per heavy atom. The van der Waals surface area contributed by atoms with E-state index in [-0.39, 0.29) is 22.5 Å². The molecule has 3 aromatic heterocycles. The average molecular weight is 596 g/mol. The number of nitrogens with zero attached hydrogens (tertiary/aromatic N) is 5. The van der Waals surface area contributed by atoms with Crippen LogP contribution in [0.4, 0.5) is 24.8 Å².